The van der Waals surface area contributed by atoms with E-state index in [0.29, 0.717) is 5.65 Å². The lowest BCUT2D eigenvalue weighted by Gasteiger charge is -2.03. The number of aromatic amines is 1. The quantitative estimate of drug-likeness (QED) is 0.596. The van der Waals surface area contributed by atoms with E-state index >= 15 is 0 Å². The Kier molecular flexibility index (Phi) is 3.53. The standard InChI is InChI=1S/C18H12F2N4O/c19-13-5-14(20)7-15(6-13)22-18(25)16-10-24-9-12(1-2-17(24)23-16)11-3-4-21-8-11/h1-10,21H,(H,22,25). The summed E-state index contributed by atoms with van der Waals surface area (Å²) in [4.78, 5) is 19.5. The van der Waals surface area contributed by atoms with Gasteiger partial charge >= 0.3 is 0 Å². The predicted molar refractivity (Wildman–Crippen MR) is 89.3 cm³/mol. The molecule has 0 fully saturated rings. The van der Waals surface area contributed by atoms with Crippen LogP contribution in [0, 0.1) is 11.6 Å². The van der Waals surface area contributed by atoms with Crippen LogP contribution in [0.3, 0.4) is 0 Å². The third kappa shape index (κ3) is 2.99. The molecule has 0 aliphatic carbocycles. The molecule has 4 aromatic rings. The molecule has 0 unspecified atom stereocenters. The second kappa shape index (κ2) is 5.86. The summed E-state index contributed by atoms with van der Waals surface area (Å²) in [6.45, 7) is 0. The van der Waals surface area contributed by atoms with Crippen molar-refractivity contribution in [3.8, 4) is 11.1 Å². The van der Waals surface area contributed by atoms with Crippen LogP contribution >= 0.6 is 0 Å². The Bertz CT molecular complexity index is 1050. The molecule has 5 nitrogen and oxygen atoms in total. The summed E-state index contributed by atoms with van der Waals surface area (Å²) in [7, 11) is 0. The summed E-state index contributed by atoms with van der Waals surface area (Å²) < 4.78 is 28.2. The normalized spacial score (nSPS) is 11.0. The lowest BCUT2D eigenvalue weighted by atomic mass is 10.1. The van der Waals surface area contributed by atoms with Gasteiger partial charge in [-0.1, -0.05) is 0 Å². The van der Waals surface area contributed by atoms with E-state index in [1.54, 1.807) is 16.7 Å². The first-order valence-corrected chi connectivity index (χ1v) is 7.48. The minimum Gasteiger partial charge on any atom is -0.367 e. The molecule has 0 saturated carbocycles. The van der Waals surface area contributed by atoms with E-state index in [1.165, 1.54) is 0 Å². The molecular formula is C18H12F2N4O. The molecule has 0 spiro atoms. The van der Waals surface area contributed by atoms with Gasteiger partial charge in [-0.15, -0.1) is 0 Å². The zero-order valence-corrected chi connectivity index (χ0v) is 12.8. The molecule has 0 saturated heterocycles. The number of imidazole rings is 1. The van der Waals surface area contributed by atoms with Crippen molar-refractivity contribution in [3.63, 3.8) is 0 Å². The largest absolute Gasteiger partial charge is 0.367 e. The smallest absolute Gasteiger partial charge is 0.275 e. The molecule has 0 atom stereocenters. The van der Waals surface area contributed by atoms with E-state index < -0.39 is 17.5 Å². The number of hydrogen-bond acceptors (Lipinski definition) is 2. The van der Waals surface area contributed by atoms with Crippen molar-refractivity contribution in [2.24, 2.45) is 0 Å². The molecule has 3 heterocycles. The van der Waals surface area contributed by atoms with Crippen LogP contribution in [-0.4, -0.2) is 20.3 Å². The number of nitrogens with one attached hydrogen (secondary N) is 2. The van der Waals surface area contributed by atoms with Crippen LogP contribution in [0.2, 0.25) is 0 Å². The van der Waals surface area contributed by atoms with Gasteiger partial charge in [-0.2, -0.15) is 0 Å². The molecule has 124 valence electrons. The summed E-state index contributed by atoms with van der Waals surface area (Å²) in [5, 5.41) is 2.44. The van der Waals surface area contributed by atoms with Gasteiger partial charge in [0.2, 0.25) is 0 Å². The van der Waals surface area contributed by atoms with Gasteiger partial charge in [0.1, 0.15) is 23.0 Å². The van der Waals surface area contributed by atoms with Gasteiger partial charge in [-0.3, -0.25) is 4.79 Å². The predicted octanol–water partition coefficient (Wildman–Crippen LogP) is 3.86. The molecule has 1 aromatic carbocycles. The fraction of sp³-hybridized carbons (Fsp3) is 0. The molecule has 1 amide bonds. The summed E-state index contributed by atoms with van der Waals surface area (Å²) in [5.41, 5.74) is 2.75. The molecule has 4 rings (SSSR count). The number of benzene rings is 1. The van der Waals surface area contributed by atoms with E-state index in [2.05, 4.69) is 15.3 Å². The molecule has 0 bridgehead atoms. The average Bonchev–Trinajstić information content (AvgIpc) is 3.22. The number of aromatic nitrogens is 3. The molecular weight excluding hydrogens is 326 g/mol. The second-order valence-corrected chi connectivity index (χ2v) is 5.52. The topological polar surface area (TPSA) is 62.2 Å². The molecule has 2 N–H and O–H groups in total. The number of fused-ring (bicyclic) bond motifs is 1. The highest BCUT2D eigenvalue weighted by molar-refractivity contribution is 6.03. The maximum absolute atomic E-state index is 13.2. The summed E-state index contributed by atoms with van der Waals surface area (Å²) in [6, 6.07) is 8.45. The van der Waals surface area contributed by atoms with E-state index in [4.69, 9.17) is 0 Å². The highest BCUT2D eigenvalue weighted by Gasteiger charge is 2.13. The fourth-order valence-electron chi connectivity index (χ4n) is 2.60. The van der Waals surface area contributed by atoms with Gasteiger partial charge in [0.15, 0.2) is 0 Å². The van der Waals surface area contributed by atoms with E-state index in [0.717, 1.165) is 29.3 Å². The number of carbonyl (C=O) groups is 1. The third-order valence-electron chi connectivity index (χ3n) is 3.74. The molecule has 0 aliphatic heterocycles. The number of amides is 1. The van der Waals surface area contributed by atoms with Crippen LogP contribution < -0.4 is 5.32 Å². The monoisotopic (exact) mass is 338 g/mol. The first kappa shape index (κ1) is 15.1. The van der Waals surface area contributed by atoms with Crippen LogP contribution in [0.25, 0.3) is 16.8 Å². The Hall–Kier alpha value is -3.48. The van der Waals surface area contributed by atoms with Crippen LogP contribution in [0.4, 0.5) is 14.5 Å². The number of nitrogens with zero attached hydrogens (tertiary/aromatic N) is 2. The van der Waals surface area contributed by atoms with Gasteiger partial charge in [-0.05, 0) is 35.9 Å². The Balaban J connectivity index is 1.63. The highest BCUT2D eigenvalue weighted by Crippen LogP contribution is 2.20. The third-order valence-corrected chi connectivity index (χ3v) is 3.74. The summed E-state index contributed by atoms with van der Waals surface area (Å²) in [5.74, 6) is -2.07. The van der Waals surface area contributed by atoms with Gasteiger partial charge in [-0.25, -0.2) is 13.8 Å². The molecule has 0 radical (unpaired) electrons. The average molecular weight is 338 g/mol. The number of pyridine rings is 1. The number of carbonyl (C=O) groups excluding carboxylic acids is 1. The van der Waals surface area contributed by atoms with Crippen molar-refractivity contribution in [2.75, 3.05) is 5.32 Å². The molecule has 3 aromatic heterocycles. The minimum atomic E-state index is -0.763. The number of rotatable bonds is 3. The van der Waals surface area contributed by atoms with Gasteiger partial charge in [0, 0.05) is 42.1 Å². The number of anilines is 1. The van der Waals surface area contributed by atoms with Crippen molar-refractivity contribution in [3.05, 3.63) is 78.5 Å². The van der Waals surface area contributed by atoms with Crippen molar-refractivity contribution < 1.29 is 13.6 Å². The van der Waals surface area contributed by atoms with E-state index in [-0.39, 0.29) is 11.4 Å². The van der Waals surface area contributed by atoms with Crippen molar-refractivity contribution >= 4 is 17.2 Å². The second-order valence-electron chi connectivity index (χ2n) is 5.52. The summed E-state index contributed by atoms with van der Waals surface area (Å²) >= 11 is 0. The highest BCUT2D eigenvalue weighted by atomic mass is 19.1. The van der Waals surface area contributed by atoms with Crippen LogP contribution in [-0.2, 0) is 0 Å². The SMILES string of the molecule is O=C(Nc1cc(F)cc(F)c1)c1cn2cc(-c3cc[nH]c3)ccc2n1. The van der Waals surface area contributed by atoms with E-state index in [1.807, 2.05) is 30.7 Å². The fourth-order valence-corrected chi connectivity index (χ4v) is 2.60. The summed E-state index contributed by atoms with van der Waals surface area (Å²) in [6.07, 6.45) is 7.11. The Labute approximate surface area is 140 Å². The van der Waals surface area contributed by atoms with Gasteiger partial charge in [0.25, 0.3) is 5.91 Å². The van der Waals surface area contributed by atoms with E-state index in [9.17, 15) is 13.6 Å². The molecule has 7 heteroatoms. The first-order valence-electron chi connectivity index (χ1n) is 7.48. The zero-order valence-electron chi connectivity index (χ0n) is 12.8. The Morgan fingerprint density at radius 1 is 1.04 bits per heavy atom. The maximum atomic E-state index is 13.2. The number of H-pyrrole nitrogens is 1. The van der Waals surface area contributed by atoms with Crippen LogP contribution in [0.1, 0.15) is 10.5 Å². The van der Waals surface area contributed by atoms with Gasteiger partial charge in [0.05, 0.1) is 0 Å². The molecule has 0 aliphatic rings. The van der Waals surface area contributed by atoms with Crippen molar-refractivity contribution in [2.45, 2.75) is 0 Å². The Morgan fingerprint density at radius 2 is 1.84 bits per heavy atom. The zero-order chi connectivity index (χ0) is 17.4. The van der Waals surface area contributed by atoms with Gasteiger partial charge < -0.3 is 14.7 Å². The number of hydrogen-bond donors (Lipinski definition) is 2. The first-order chi connectivity index (χ1) is 12.1. The van der Waals surface area contributed by atoms with Crippen LogP contribution in [0.5, 0.6) is 0 Å². The van der Waals surface area contributed by atoms with Crippen molar-refractivity contribution in [1.82, 2.24) is 14.4 Å². The number of halogens is 2. The lowest BCUT2D eigenvalue weighted by molar-refractivity contribution is 0.102. The van der Waals surface area contributed by atoms with Crippen molar-refractivity contribution in [1.29, 1.82) is 0 Å². The Morgan fingerprint density at radius 3 is 2.56 bits per heavy atom. The maximum Gasteiger partial charge on any atom is 0.275 e. The lowest BCUT2D eigenvalue weighted by Crippen LogP contribution is -2.12. The molecule has 25 heavy (non-hydrogen) atoms. The minimum absolute atomic E-state index is 0.0348. The van der Waals surface area contributed by atoms with Crippen LogP contribution in [0.15, 0.2) is 61.2 Å².